The molecule has 1 heterocycles. The van der Waals surface area contributed by atoms with Crippen LogP contribution in [0.15, 0.2) is 64.7 Å². The highest BCUT2D eigenvalue weighted by molar-refractivity contribution is 5.79. The molecular formula is C23H24N2O5. The van der Waals surface area contributed by atoms with Crippen LogP contribution in [0.25, 0.3) is 5.57 Å². The highest BCUT2D eigenvalue weighted by Crippen LogP contribution is 2.30. The fourth-order valence-corrected chi connectivity index (χ4v) is 3.13. The van der Waals surface area contributed by atoms with Crippen molar-refractivity contribution >= 4 is 5.57 Å². The molecule has 0 saturated carbocycles. The van der Waals surface area contributed by atoms with Gasteiger partial charge in [-0.05, 0) is 35.8 Å². The molecule has 0 aliphatic carbocycles. The molecule has 7 nitrogen and oxygen atoms in total. The van der Waals surface area contributed by atoms with Crippen molar-refractivity contribution < 1.29 is 14.2 Å². The van der Waals surface area contributed by atoms with Crippen molar-refractivity contribution in [3.63, 3.8) is 0 Å². The fourth-order valence-electron chi connectivity index (χ4n) is 3.13. The van der Waals surface area contributed by atoms with E-state index in [1.165, 1.54) is 4.57 Å². The van der Waals surface area contributed by atoms with Crippen molar-refractivity contribution in [3.05, 3.63) is 98.3 Å². The Kier molecular flexibility index (Phi) is 6.54. The van der Waals surface area contributed by atoms with Gasteiger partial charge in [-0.25, -0.2) is 4.79 Å². The first-order valence-electron chi connectivity index (χ1n) is 9.32. The lowest BCUT2D eigenvalue weighted by Crippen LogP contribution is -2.35. The molecule has 0 spiro atoms. The number of rotatable bonds is 8. The summed E-state index contributed by atoms with van der Waals surface area (Å²) in [4.78, 5) is 27.2. The highest BCUT2D eigenvalue weighted by atomic mass is 16.5. The molecule has 0 bridgehead atoms. The largest absolute Gasteiger partial charge is 0.497 e. The van der Waals surface area contributed by atoms with E-state index >= 15 is 0 Å². The maximum absolute atomic E-state index is 12.6. The summed E-state index contributed by atoms with van der Waals surface area (Å²) in [6.07, 6.45) is 0. The van der Waals surface area contributed by atoms with E-state index < -0.39 is 11.2 Å². The van der Waals surface area contributed by atoms with Crippen molar-refractivity contribution in [3.8, 4) is 11.5 Å². The van der Waals surface area contributed by atoms with Crippen LogP contribution in [0.5, 0.6) is 11.5 Å². The minimum Gasteiger partial charge on any atom is -0.497 e. The summed E-state index contributed by atoms with van der Waals surface area (Å²) in [7, 11) is 3.10. The molecule has 0 atom stereocenters. The summed E-state index contributed by atoms with van der Waals surface area (Å²) in [5.41, 5.74) is 1.85. The second-order valence-corrected chi connectivity index (χ2v) is 6.70. The van der Waals surface area contributed by atoms with Gasteiger partial charge in [0.15, 0.2) is 0 Å². The van der Waals surface area contributed by atoms with Crippen molar-refractivity contribution in [1.29, 1.82) is 0 Å². The number of H-pyrrole nitrogens is 1. The van der Waals surface area contributed by atoms with Gasteiger partial charge in [-0.1, -0.05) is 36.9 Å². The molecule has 0 amide bonds. The Morgan fingerprint density at radius 2 is 1.67 bits per heavy atom. The minimum atomic E-state index is -0.565. The van der Waals surface area contributed by atoms with E-state index in [0.29, 0.717) is 40.5 Å². The number of hydrogen-bond donors (Lipinski definition) is 1. The van der Waals surface area contributed by atoms with Gasteiger partial charge in [-0.3, -0.25) is 14.3 Å². The predicted molar refractivity (Wildman–Crippen MR) is 115 cm³/mol. The molecule has 30 heavy (non-hydrogen) atoms. The Morgan fingerprint density at radius 1 is 1.03 bits per heavy atom. The molecule has 0 aliphatic heterocycles. The molecule has 0 fully saturated rings. The zero-order valence-electron chi connectivity index (χ0n) is 17.2. The first-order chi connectivity index (χ1) is 14.4. The van der Waals surface area contributed by atoms with Crippen molar-refractivity contribution in [2.75, 3.05) is 14.2 Å². The first-order valence-corrected chi connectivity index (χ1v) is 9.32. The van der Waals surface area contributed by atoms with Crippen molar-refractivity contribution in [2.45, 2.75) is 20.3 Å². The molecule has 0 radical (unpaired) electrons. The summed E-state index contributed by atoms with van der Waals surface area (Å²) in [6.45, 7) is 6.06. The molecule has 0 aliphatic rings. The zero-order valence-corrected chi connectivity index (χ0v) is 17.2. The van der Waals surface area contributed by atoms with E-state index in [4.69, 9.17) is 14.2 Å². The van der Waals surface area contributed by atoms with Crippen LogP contribution in [0.2, 0.25) is 0 Å². The van der Waals surface area contributed by atoms with Gasteiger partial charge in [-0.2, -0.15) is 0 Å². The summed E-state index contributed by atoms with van der Waals surface area (Å²) in [5, 5.41) is 0. The topological polar surface area (TPSA) is 82.5 Å². The van der Waals surface area contributed by atoms with E-state index in [0.717, 1.165) is 5.56 Å². The van der Waals surface area contributed by atoms with E-state index in [2.05, 4.69) is 11.6 Å². The molecule has 0 saturated heterocycles. The average Bonchev–Trinajstić information content (AvgIpc) is 2.77. The van der Waals surface area contributed by atoms with Gasteiger partial charge in [0.05, 0.1) is 26.5 Å². The maximum Gasteiger partial charge on any atom is 0.330 e. The molecule has 2 aromatic carbocycles. The Morgan fingerprint density at radius 3 is 2.27 bits per heavy atom. The maximum atomic E-state index is 12.6. The molecule has 1 N–H and O–H groups in total. The molecule has 3 aromatic rings. The number of nitrogens with zero attached hydrogens (tertiary/aromatic N) is 1. The SMILES string of the molecule is C=C(c1cc(OC)cc(OC)c1)c1c(C)c(=O)[nH]c(=O)n1COCc1ccccc1. The van der Waals surface area contributed by atoms with Gasteiger partial charge < -0.3 is 14.2 Å². The molecule has 0 unspecified atom stereocenters. The van der Waals surface area contributed by atoms with Crippen molar-refractivity contribution in [2.24, 2.45) is 0 Å². The van der Waals surface area contributed by atoms with E-state index in [9.17, 15) is 9.59 Å². The Labute approximate surface area is 174 Å². The van der Waals surface area contributed by atoms with Crippen LogP contribution < -0.4 is 20.7 Å². The Hall–Kier alpha value is -3.58. The van der Waals surface area contributed by atoms with Crippen LogP contribution in [0.1, 0.15) is 22.4 Å². The normalized spacial score (nSPS) is 10.6. The number of aromatic nitrogens is 2. The molecule has 7 heteroatoms. The molecule has 1 aromatic heterocycles. The second kappa shape index (κ2) is 9.28. The third-order valence-corrected chi connectivity index (χ3v) is 4.75. The van der Waals surface area contributed by atoms with Crippen LogP contribution in [0.4, 0.5) is 0 Å². The molecule has 3 rings (SSSR count). The quantitative estimate of drug-likeness (QED) is 0.619. The van der Waals surface area contributed by atoms with Gasteiger partial charge in [0, 0.05) is 11.6 Å². The number of methoxy groups -OCH3 is 2. The Bertz CT molecular complexity index is 1140. The average molecular weight is 408 g/mol. The molecule has 156 valence electrons. The van der Waals surface area contributed by atoms with Gasteiger partial charge in [0.2, 0.25) is 0 Å². The number of hydrogen-bond acceptors (Lipinski definition) is 5. The lowest BCUT2D eigenvalue weighted by Gasteiger charge is -2.18. The van der Waals surface area contributed by atoms with Crippen LogP contribution in [0.3, 0.4) is 0 Å². The smallest absolute Gasteiger partial charge is 0.330 e. The lowest BCUT2D eigenvalue weighted by atomic mass is 10.0. The van der Waals surface area contributed by atoms with Crippen molar-refractivity contribution in [1.82, 2.24) is 9.55 Å². The van der Waals surface area contributed by atoms with Crippen LogP contribution in [0, 0.1) is 6.92 Å². The van der Waals surface area contributed by atoms with Gasteiger partial charge in [0.1, 0.15) is 18.2 Å². The summed E-state index contributed by atoms with van der Waals surface area (Å²) >= 11 is 0. The zero-order chi connectivity index (χ0) is 21.7. The monoisotopic (exact) mass is 408 g/mol. The number of aromatic amines is 1. The molecular weight excluding hydrogens is 384 g/mol. The highest BCUT2D eigenvalue weighted by Gasteiger charge is 2.17. The van der Waals surface area contributed by atoms with E-state index in [1.54, 1.807) is 39.3 Å². The summed E-state index contributed by atoms with van der Waals surface area (Å²) < 4.78 is 17.8. The number of nitrogens with one attached hydrogen (secondary N) is 1. The van der Waals surface area contributed by atoms with Gasteiger partial charge in [-0.15, -0.1) is 0 Å². The third-order valence-electron chi connectivity index (χ3n) is 4.75. The minimum absolute atomic E-state index is 0.0409. The van der Waals surface area contributed by atoms with Crippen LogP contribution in [-0.4, -0.2) is 23.8 Å². The van der Waals surface area contributed by atoms with E-state index in [1.807, 2.05) is 30.3 Å². The lowest BCUT2D eigenvalue weighted by molar-refractivity contribution is 0.0601. The number of benzene rings is 2. The Balaban J connectivity index is 2.00. The van der Waals surface area contributed by atoms with Crippen LogP contribution >= 0.6 is 0 Å². The van der Waals surface area contributed by atoms with E-state index in [-0.39, 0.29) is 6.73 Å². The summed E-state index contributed by atoms with van der Waals surface area (Å²) in [6, 6.07) is 14.9. The van der Waals surface area contributed by atoms with Crippen LogP contribution in [-0.2, 0) is 18.1 Å². The first kappa shape index (κ1) is 21.1. The fraction of sp³-hybridized carbons (Fsp3) is 0.217. The van der Waals surface area contributed by atoms with Gasteiger partial charge >= 0.3 is 5.69 Å². The van der Waals surface area contributed by atoms with Gasteiger partial charge in [0.25, 0.3) is 5.56 Å². The number of ether oxygens (including phenoxy) is 3. The third kappa shape index (κ3) is 4.52. The summed E-state index contributed by atoms with van der Waals surface area (Å²) in [5.74, 6) is 1.14. The predicted octanol–water partition coefficient (Wildman–Crippen LogP) is 3.10. The second-order valence-electron chi connectivity index (χ2n) is 6.70. The standard InChI is InChI=1S/C23H24N2O5/c1-15(18-10-19(28-3)12-20(11-18)29-4)21-16(2)22(26)24-23(27)25(21)14-30-13-17-8-6-5-7-9-17/h5-12H,1,13-14H2,2-4H3,(H,24,26,27).